The van der Waals surface area contributed by atoms with E-state index in [0.29, 0.717) is 23.7 Å². The molecule has 1 heterocycles. The third-order valence-electron chi connectivity index (χ3n) is 2.93. The summed E-state index contributed by atoms with van der Waals surface area (Å²) in [5.41, 5.74) is 2.60. The monoisotopic (exact) mass is 323 g/mol. The van der Waals surface area contributed by atoms with E-state index in [-0.39, 0.29) is 10.7 Å². The maximum Gasteiger partial charge on any atom is 0.348 e. The topological polar surface area (TPSA) is 61.0 Å². The predicted molar refractivity (Wildman–Crippen MR) is 76.6 cm³/mol. The highest BCUT2D eigenvalue weighted by Crippen LogP contribution is 2.24. The van der Waals surface area contributed by atoms with Crippen LogP contribution in [0.1, 0.15) is 16.8 Å². The Morgan fingerprint density at radius 3 is 2.63 bits per heavy atom. The summed E-state index contributed by atoms with van der Waals surface area (Å²) < 4.78 is 1.36. The lowest BCUT2D eigenvalue weighted by molar-refractivity contribution is -0.393. The molecule has 0 radical (unpaired) electrons. The Bertz CT molecular complexity index is 581. The van der Waals surface area contributed by atoms with Gasteiger partial charge in [0.15, 0.2) is 0 Å². The van der Waals surface area contributed by atoms with Crippen molar-refractivity contribution < 1.29 is 4.92 Å². The quantitative estimate of drug-likeness (QED) is 0.483. The SMILES string of the molecule is Cn1nc(Cc2ccccc2)c(CCBr)c1[N+](=O)[O-]. The van der Waals surface area contributed by atoms with Gasteiger partial charge < -0.3 is 10.1 Å². The molecule has 0 fully saturated rings. The van der Waals surface area contributed by atoms with Crippen molar-refractivity contribution in [3.63, 3.8) is 0 Å². The maximum atomic E-state index is 11.1. The predicted octanol–water partition coefficient (Wildman–Crippen LogP) is 2.86. The highest BCUT2D eigenvalue weighted by atomic mass is 79.9. The molecule has 1 aromatic heterocycles. The zero-order chi connectivity index (χ0) is 13.8. The zero-order valence-corrected chi connectivity index (χ0v) is 12.1. The van der Waals surface area contributed by atoms with Crippen LogP contribution < -0.4 is 0 Å². The maximum absolute atomic E-state index is 11.1. The van der Waals surface area contributed by atoms with Gasteiger partial charge in [-0.05, 0) is 16.9 Å². The lowest BCUT2D eigenvalue weighted by Crippen LogP contribution is -2.01. The summed E-state index contributed by atoms with van der Waals surface area (Å²) in [4.78, 5) is 10.8. The molecule has 100 valence electrons. The van der Waals surface area contributed by atoms with E-state index in [4.69, 9.17) is 0 Å². The van der Waals surface area contributed by atoms with Crippen LogP contribution >= 0.6 is 15.9 Å². The van der Waals surface area contributed by atoms with Crippen molar-refractivity contribution in [3.05, 3.63) is 57.3 Å². The van der Waals surface area contributed by atoms with Crippen LogP contribution in [0.2, 0.25) is 0 Å². The van der Waals surface area contributed by atoms with E-state index >= 15 is 0 Å². The fraction of sp³-hybridized carbons (Fsp3) is 0.308. The number of rotatable bonds is 5. The molecule has 0 saturated carbocycles. The smallest absolute Gasteiger partial charge is 0.348 e. The third kappa shape index (κ3) is 3.01. The minimum Gasteiger partial charge on any atom is -0.358 e. The zero-order valence-electron chi connectivity index (χ0n) is 10.5. The molecular formula is C13H14BrN3O2. The van der Waals surface area contributed by atoms with Crippen molar-refractivity contribution in [2.75, 3.05) is 5.33 Å². The van der Waals surface area contributed by atoms with Gasteiger partial charge in [-0.15, -0.1) is 4.68 Å². The van der Waals surface area contributed by atoms with E-state index in [1.165, 1.54) is 4.68 Å². The van der Waals surface area contributed by atoms with Crippen molar-refractivity contribution in [1.82, 2.24) is 9.78 Å². The van der Waals surface area contributed by atoms with Gasteiger partial charge in [0, 0.05) is 11.8 Å². The minimum absolute atomic E-state index is 0.0883. The lowest BCUT2D eigenvalue weighted by atomic mass is 10.1. The Kier molecular flexibility index (Phi) is 4.31. The normalized spacial score (nSPS) is 10.6. The summed E-state index contributed by atoms with van der Waals surface area (Å²) in [6.07, 6.45) is 1.22. The van der Waals surface area contributed by atoms with Gasteiger partial charge in [-0.25, -0.2) is 0 Å². The molecule has 19 heavy (non-hydrogen) atoms. The van der Waals surface area contributed by atoms with Crippen LogP contribution in [0, 0.1) is 10.1 Å². The van der Waals surface area contributed by atoms with Crippen molar-refractivity contribution in [1.29, 1.82) is 0 Å². The number of aromatic nitrogens is 2. The number of alkyl halides is 1. The summed E-state index contributed by atoms with van der Waals surface area (Å²) in [5.74, 6) is 0.0883. The number of nitrogens with zero attached hydrogens (tertiary/aromatic N) is 3. The summed E-state index contributed by atoms with van der Waals surface area (Å²) in [7, 11) is 1.62. The van der Waals surface area contributed by atoms with Crippen LogP contribution in [-0.4, -0.2) is 20.0 Å². The summed E-state index contributed by atoms with van der Waals surface area (Å²) in [6, 6.07) is 9.86. The van der Waals surface area contributed by atoms with Crippen LogP contribution in [0.25, 0.3) is 0 Å². The Labute approximate surface area is 119 Å². The molecule has 5 nitrogen and oxygen atoms in total. The van der Waals surface area contributed by atoms with Gasteiger partial charge in [0.05, 0.1) is 11.3 Å². The van der Waals surface area contributed by atoms with E-state index in [9.17, 15) is 10.1 Å². The van der Waals surface area contributed by atoms with Gasteiger partial charge >= 0.3 is 5.82 Å². The molecule has 0 saturated heterocycles. The molecule has 0 amide bonds. The number of aryl methyl sites for hydroxylation is 1. The minimum atomic E-state index is -0.362. The first-order chi connectivity index (χ1) is 9.13. The highest BCUT2D eigenvalue weighted by molar-refractivity contribution is 9.09. The average Bonchev–Trinajstić information content (AvgIpc) is 2.67. The molecule has 0 spiro atoms. The first-order valence-electron chi connectivity index (χ1n) is 5.92. The van der Waals surface area contributed by atoms with Gasteiger partial charge in [0.2, 0.25) is 0 Å². The molecule has 2 aromatic rings. The number of benzene rings is 1. The fourth-order valence-corrected chi connectivity index (χ4v) is 2.52. The van der Waals surface area contributed by atoms with Crippen molar-refractivity contribution >= 4 is 21.7 Å². The molecule has 2 rings (SSSR count). The van der Waals surface area contributed by atoms with Crippen LogP contribution in [0.5, 0.6) is 0 Å². The summed E-state index contributed by atoms with van der Waals surface area (Å²) >= 11 is 3.34. The van der Waals surface area contributed by atoms with Crippen LogP contribution in [-0.2, 0) is 19.9 Å². The van der Waals surface area contributed by atoms with Gasteiger partial charge in [0.1, 0.15) is 7.05 Å². The molecule has 0 aliphatic heterocycles. The molecule has 0 bridgehead atoms. The average molecular weight is 324 g/mol. The number of hydrogen-bond acceptors (Lipinski definition) is 3. The van der Waals surface area contributed by atoms with Crippen LogP contribution in [0.4, 0.5) is 5.82 Å². The summed E-state index contributed by atoms with van der Waals surface area (Å²) in [6.45, 7) is 0. The standard InChI is InChI=1S/C13H14BrN3O2/c1-16-13(17(18)19)11(7-8-14)12(15-16)9-10-5-3-2-4-6-10/h2-6H,7-9H2,1H3. The molecule has 0 N–H and O–H groups in total. The molecule has 0 atom stereocenters. The lowest BCUT2D eigenvalue weighted by Gasteiger charge is -2.01. The van der Waals surface area contributed by atoms with Crippen molar-refractivity contribution in [3.8, 4) is 0 Å². The Morgan fingerprint density at radius 1 is 1.37 bits per heavy atom. The van der Waals surface area contributed by atoms with E-state index < -0.39 is 0 Å². The van der Waals surface area contributed by atoms with Crippen molar-refractivity contribution in [2.24, 2.45) is 7.05 Å². The van der Waals surface area contributed by atoms with Gasteiger partial charge in [0.25, 0.3) is 0 Å². The van der Waals surface area contributed by atoms with Gasteiger partial charge in [-0.2, -0.15) is 0 Å². The van der Waals surface area contributed by atoms with Crippen molar-refractivity contribution in [2.45, 2.75) is 12.8 Å². The Hall–Kier alpha value is -1.69. The second kappa shape index (κ2) is 5.97. The largest absolute Gasteiger partial charge is 0.358 e. The number of hydrogen-bond donors (Lipinski definition) is 0. The molecule has 1 aromatic carbocycles. The van der Waals surface area contributed by atoms with E-state index in [1.807, 2.05) is 30.3 Å². The van der Waals surface area contributed by atoms with Gasteiger partial charge in [-0.1, -0.05) is 51.4 Å². The third-order valence-corrected chi connectivity index (χ3v) is 3.32. The molecule has 0 aliphatic carbocycles. The molecular weight excluding hydrogens is 310 g/mol. The first-order valence-corrected chi connectivity index (χ1v) is 7.04. The van der Waals surface area contributed by atoms with Crippen LogP contribution in [0.3, 0.4) is 0 Å². The molecule has 6 heteroatoms. The summed E-state index contributed by atoms with van der Waals surface area (Å²) in [5, 5.41) is 16.1. The Balaban J connectivity index is 2.40. The van der Waals surface area contributed by atoms with E-state index in [0.717, 1.165) is 11.3 Å². The fourth-order valence-electron chi connectivity index (χ4n) is 2.12. The second-order valence-corrected chi connectivity index (χ2v) is 5.02. The van der Waals surface area contributed by atoms with E-state index in [1.54, 1.807) is 7.05 Å². The number of nitro groups is 1. The Morgan fingerprint density at radius 2 is 2.05 bits per heavy atom. The highest BCUT2D eigenvalue weighted by Gasteiger charge is 2.24. The van der Waals surface area contributed by atoms with E-state index in [2.05, 4.69) is 21.0 Å². The first kappa shape index (κ1) is 13.7. The second-order valence-electron chi connectivity index (χ2n) is 4.23. The molecule has 0 unspecified atom stereocenters. The van der Waals surface area contributed by atoms with Crippen LogP contribution in [0.15, 0.2) is 30.3 Å². The number of halogens is 1. The van der Waals surface area contributed by atoms with Gasteiger partial charge in [-0.3, -0.25) is 0 Å². The molecule has 0 aliphatic rings.